The Morgan fingerprint density at radius 3 is 2.37 bits per heavy atom. The van der Waals surface area contributed by atoms with E-state index in [0.29, 0.717) is 31.5 Å². The lowest BCUT2D eigenvalue weighted by molar-refractivity contribution is -0.150. The maximum absolute atomic E-state index is 12.3. The van der Waals surface area contributed by atoms with Gasteiger partial charge in [-0.1, -0.05) is 30.3 Å². The quantitative estimate of drug-likeness (QED) is 0.554. The van der Waals surface area contributed by atoms with E-state index in [1.165, 1.54) is 17.9 Å². The zero-order valence-corrected chi connectivity index (χ0v) is 15.1. The summed E-state index contributed by atoms with van der Waals surface area (Å²) < 4.78 is 5.06. The summed E-state index contributed by atoms with van der Waals surface area (Å²) in [6, 6.07) is 8.95. The fraction of sp³-hybridized carbons (Fsp3) is 0.368. The number of rotatable bonds is 6. The summed E-state index contributed by atoms with van der Waals surface area (Å²) in [5.41, 5.74) is 5.93. The van der Waals surface area contributed by atoms with Crippen LogP contribution in [0.3, 0.4) is 0 Å². The Kier molecular flexibility index (Phi) is 7.10. The summed E-state index contributed by atoms with van der Waals surface area (Å²) in [6.07, 6.45) is 2.48. The molecule has 0 bridgehead atoms. The summed E-state index contributed by atoms with van der Waals surface area (Å²) in [4.78, 5) is 48.5. The molecule has 0 saturated carbocycles. The molecule has 8 nitrogen and oxygen atoms in total. The molecule has 0 aromatic heterocycles. The molecule has 8 heteroatoms. The Morgan fingerprint density at radius 1 is 1.19 bits per heavy atom. The number of carbonyl (C=O) groups is 4. The molecule has 0 aliphatic carbocycles. The van der Waals surface area contributed by atoms with Gasteiger partial charge in [0.05, 0.1) is 0 Å². The minimum atomic E-state index is -0.797. The molecule has 1 aromatic rings. The summed E-state index contributed by atoms with van der Waals surface area (Å²) in [5.74, 6) is -2.16. The third kappa shape index (κ3) is 6.25. The maximum Gasteiger partial charge on any atom is 0.355 e. The average molecular weight is 373 g/mol. The Hall–Kier alpha value is -3.16. The van der Waals surface area contributed by atoms with E-state index in [2.05, 4.69) is 5.32 Å². The predicted molar refractivity (Wildman–Crippen MR) is 97.7 cm³/mol. The SMILES string of the molecule is CC(=O)N/C(=C\c1ccccc1)C(=O)OCC(=O)N1CCC(C(N)=O)CC1. The molecule has 0 unspecified atom stereocenters. The fourth-order valence-corrected chi connectivity index (χ4v) is 2.76. The third-order valence-electron chi connectivity index (χ3n) is 4.22. The van der Waals surface area contributed by atoms with Crippen molar-refractivity contribution < 1.29 is 23.9 Å². The van der Waals surface area contributed by atoms with Crippen molar-refractivity contribution in [1.29, 1.82) is 0 Å². The number of likely N-dealkylation sites (tertiary alicyclic amines) is 1. The Bertz CT molecular complexity index is 737. The molecule has 1 aliphatic rings. The van der Waals surface area contributed by atoms with Crippen molar-refractivity contribution in [1.82, 2.24) is 10.2 Å². The third-order valence-corrected chi connectivity index (χ3v) is 4.22. The summed E-state index contributed by atoms with van der Waals surface area (Å²) in [7, 11) is 0. The van der Waals surface area contributed by atoms with Gasteiger partial charge >= 0.3 is 5.97 Å². The van der Waals surface area contributed by atoms with E-state index in [1.54, 1.807) is 24.3 Å². The number of amides is 3. The molecule has 0 atom stereocenters. The zero-order chi connectivity index (χ0) is 19.8. The molecular formula is C19H23N3O5. The van der Waals surface area contributed by atoms with Crippen molar-refractivity contribution in [3.63, 3.8) is 0 Å². The first kappa shape index (κ1) is 20.2. The highest BCUT2D eigenvalue weighted by molar-refractivity contribution is 5.98. The number of esters is 1. The van der Waals surface area contributed by atoms with Gasteiger partial charge in [-0.2, -0.15) is 0 Å². The lowest BCUT2D eigenvalue weighted by Gasteiger charge is -2.30. The number of hydrogen-bond donors (Lipinski definition) is 2. The Labute approximate surface area is 157 Å². The van der Waals surface area contributed by atoms with Crippen LogP contribution in [0, 0.1) is 5.92 Å². The van der Waals surface area contributed by atoms with Crippen LogP contribution in [-0.4, -0.2) is 48.3 Å². The first-order valence-corrected chi connectivity index (χ1v) is 8.65. The summed E-state index contributed by atoms with van der Waals surface area (Å²) >= 11 is 0. The normalized spacial score (nSPS) is 15.1. The van der Waals surface area contributed by atoms with E-state index in [9.17, 15) is 19.2 Å². The highest BCUT2D eigenvalue weighted by Crippen LogP contribution is 2.16. The van der Waals surface area contributed by atoms with Crippen molar-refractivity contribution in [3.8, 4) is 0 Å². The minimum Gasteiger partial charge on any atom is -0.451 e. The van der Waals surface area contributed by atoms with E-state index in [1.807, 2.05) is 6.07 Å². The molecule has 0 spiro atoms. The van der Waals surface area contributed by atoms with Gasteiger partial charge in [0.25, 0.3) is 5.91 Å². The molecular weight excluding hydrogens is 350 g/mol. The van der Waals surface area contributed by atoms with Gasteiger partial charge in [-0.25, -0.2) is 4.79 Å². The second-order valence-corrected chi connectivity index (χ2v) is 6.28. The van der Waals surface area contributed by atoms with Crippen molar-refractivity contribution in [2.45, 2.75) is 19.8 Å². The van der Waals surface area contributed by atoms with Gasteiger partial charge in [0.2, 0.25) is 11.8 Å². The van der Waals surface area contributed by atoms with E-state index < -0.39 is 18.5 Å². The van der Waals surface area contributed by atoms with E-state index in [-0.39, 0.29) is 23.4 Å². The standard InChI is InChI=1S/C19H23N3O5/c1-13(23)21-16(11-14-5-3-2-4-6-14)19(26)27-12-17(24)22-9-7-15(8-10-22)18(20)25/h2-6,11,15H,7-10,12H2,1H3,(H2,20,25)(H,21,23)/b16-11-. The van der Waals surface area contributed by atoms with Gasteiger partial charge in [-0.05, 0) is 24.5 Å². The molecule has 1 heterocycles. The number of hydrogen-bond acceptors (Lipinski definition) is 5. The van der Waals surface area contributed by atoms with Crippen molar-refractivity contribution >= 4 is 29.8 Å². The maximum atomic E-state index is 12.3. The van der Waals surface area contributed by atoms with Crippen molar-refractivity contribution in [2.75, 3.05) is 19.7 Å². The van der Waals surface area contributed by atoms with Crippen LogP contribution in [0.25, 0.3) is 6.08 Å². The Morgan fingerprint density at radius 2 is 1.81 bits per heavy atom. The van der Waals surface area contributed by atoms with Crippen LogP contribution in [0.4, 0.5) is 0 Å². The van der Waals surface area contributed by atoms with Crippen LogP contribution in [0.2, 0.25) is 0 Å². The minimum absolute atomic E-state index is 0.0473. The molecule has 144 valence electrons. The summed E-state index contributed by atoms with van der Waals surface area (Å²) in [6.45, 7) is 1.62. The van der Waals surface area contributed by atoms with E-state index in [0.717, 1.165) is 0 Å². The number of nitrogens with one attached hydrogen (secondary N) is 1. The van der Waals surface area contributed by atoms with Crippen LogP contribution >= 0.6 is 0 Å². The Balaban J connectivity index is 1.93. The molecule has 3 amide bonds. The lowest BCUT2D eigenvalue weighted by Crippen LogP contribution is -2.43. The van der Waals surface area contributed by atoms with Crippen molar-refractivity contribution in [3.05, 3.63) is 41.6 Å². The molecule has 27 heavy (non-hydrogen) atoms. The van der Waals surface area contributed by atoms with Gasteiger partial charge in [0, 0.05) is 25.9 Å². The van der Waals surface area contributed by atoms with Gasteiger partial charge in [-0.3, -0.25) is 14.4 Å². The highest BCUT2D eigenvalue weighted by atomic mass is 16.5. The topological polar surface area (TPSA) is 119 Å². The predicted octanol–water partition coefficient (Wildman–Crippen LogP) is 0.431. The first-order chi connectivity index (χ1) is 12.9. The fourth-order valence-electron chi connectivity index (χ4n) is 2.76. The molecule has 1 fully saturated rings. The van der Waals surface area contributed by atoms with Crippen molar-refractivity contribution in [2.24, 2.45) is 11.7 Å². The monoisotopic (exact) mass is 373 g/mol. The van der Waals surface area contributed by atoms with Crippen LogP contribution in [0.15, 0.2) is 36.0 Å². The van der Waals surface area contributed by atoms with Crippen LogP contribution in [-0.2, 0) is 23.9 Å². The number of primary amides is 1. The molecule has 3 N–H and O–H groups in total. The largest absolute Gasteiger partial charge is 0.451 e. The summed E-state index contributed by atoms with van der Waals surface area (Å²) in [5, 5.41) is 2.42. The van der Waals surface area contributed by atoms with Crippen LogP contribution < -0.4 is 11.1 Å². The van der Waals surface area contributed by atoms with Crippen LogP contribution in [0.5, 0.6) is 0 Å². The average Bonchev–Trinajstić information content (AvgIpc) is 2.65. The number of piperidine rings is 1. The van der Waals surface area contributed by atoms with Gasteiger partial charge in [0.15, 0.2) is 6.61 Å². The van der Waals surface area contributed by atoms with Gasteiger partial charge in [0.1, 0.15) is 5.70 Å². The number of benzene rings is 1. The number of carbonyl (C=O) groups excluding carboxylic acids is 4. The lowest BCUT2D eigenvalue weighted by atomic mass is 9.96. The number of nitrogens with zero attached hydrogens (tertiary/aromatic N) is 1. The van der Waals surface area contributed by atoms with Crippen LogP contribution in [0.1, 0.15) is 25.3 Å². The smallest absolute Gasteiger partial charge is 0.355 e. The van der Waals surface area contributed by atoms with Gasteiger partial charge < -0.3 is 20.7 Å². The molecule has 1 aliphatic heterocycles. The van der Waals surface area contributed by atoms with E-state index in [4.69, 9.17) is 10.5 Å². The van der Waals surface area contributed by atoms with E-state index >= 15 is 0 Å². The number of nitrogens with two attached hydrogens (primary N) is 1. The van der Waals surface area contributed by atoms with Gasteiger partial charge in [-0.15, -0.1) is 0 Å². The second-order valence-electron chi connectivity index (χ2n) is 6.28. The molecule has 1 saturated heterocycles. The first-order valence-electron chi connectivity index (χ1n) is 8.65. The number of ether oxygens (including phenoxy) is 1. The highest BCUT2D eigenvalue weighted by Gasteiger charge is 2.26. The zero-order valence-electron chi connectivity index (χ0n) is 15.1. The molecule has 1 aromatic carbocycles. The second kappa shape index (κ2) is 9.51. The molecule has 2 rings (SSSR count). The molecule has 0 radical (unpaired) electrons.